The van der Waals surface area contributed by atoms with Crippen molar-refractivity contribution in [2.24, 2.45) is 0 Å². The minimum atomic E-state index is -0.375. The van der Waals surface area contributed by atoms with Gasteiger partial charge in [0.25, 0.3) is 0 Å². The number of benzene rings is 1. The molecule has 0 saturated heterocycles. The van der Waals surface area contributed by atoms with E-state index in [4.69, 9.17) is 4.74 Å². The van der Waals surface area contributed by atoms with Crippen LogP contribution < -0.4 is 4.74 Å². The summed E-state index contributed by atoms with van der Waals surface area (Å²) in [7, 11) is 0. The predicted octanol–water partition coefficient (Wildman–Crippen LogP) is 3.19. The van der Waals surface area contributed by atoms with E-state index in [1.165, 1.54) is 5.56 Å². The van der Waals surface area contributed by atoms with Crippen molar-refractivity contribution in [3.05, 3.63) is 29.3 Å². The average molecular weight is 220 g/mol. The highest BCUT2D eigenvalue weighted by atomic mass is 16.5. The van der Waals surface area contributed by atoms with Crippen molar-refractivity contribution in [1.29, 1.82) is 0 Å². The Labute approximate surface area is 97.3 Å². The quantitative estimate of drug-likeness (QED) is 0.727. The van der Waals surface area contributed by atoms with Gasteiger partial charge in [0, 0.05) is 5.56 Å². The van der Waals surface area contributed by atoms with Gasteiger partial charge in [0.2, 0.25) is 0 Å². The zero-order valence-corrected chi connectivity index (χ0v) is 10.3. The zero-order valence-electron chi connectivity index (χ0n) is 10.3. The van der Waals surface area contributed by atoms with Crippen molar-refractivity contribution >= 4 is 0 Å². The van der Waals surface area contributed by atoms with Crippen LogP contribution in [0, 0.1) is 0 Å². The number of rotatable bonds is 0. The predicted molar refractivity (Wildman–Crippen MR) is 64.8 cm³/mol. The summed E-state index contributed by atoms with van der Waals surface area (Å²) in [4.78, 5) is 0. The Morgan fingerprint density at radius 1 is 1.31 bits per heavy atom. The lowest BCUT2D eigenvalue weighted by Gasteiger charge is -2.24. The van der Waals surface area contributed by atoms with Crippen LogP contribution in [0.4, 0.5) is 0 Å². The topological polar surface area (TPSA) is 29.5 Å². The molecule has 2 heteroatoms. The van der Waals surface area contributed by atoms with Crippen molar-refractivity contribution in [3.8, 4) is 5.75 Å². The summed E-state index contributed by atoms with van der Waals surface area (Å²) in [6, 6.07) is 6.08. The highest BCUT2D eigenvalue weighted by Crippen LogP contribution is 2.39. The van der Waals surface area contributed by atoms with Gasteiger partial charge < -0.3 is 9.84 Å². The molecule has 1 unspecified atom stereocenters. The SMILES string of the molecule is CC(C)(C)c1cccc2c1OCCCC2O. The van der Waals surface area contributed by atoms with Crippen LogP contribution in [0.3, 0.4) is 0 Å². The van der Waals surface area contributed by atoms with Crippen molar-refractivity contribution in [2.45, 2.75) is 45.1 Å². The lowest BCUT2D eigenvalue weighted by Crippen LogP contribution is -2.14. The van der Waals surface area contributed by atoms with Crippen molar-refractivity contribution < 1.29 is 9.84 Å². The molecule has 0 bridgehead atoms. The summed E-state index contributed by atoms with van der Waals surface area (Å²) in [6.07, 6.45) is 1.33. The van der Waals surface area contributed by atoms with Crippen LogP contribution >= 0.6 is 0 Å². The molecule has 0 spiro atoms. The fraction of sp³-hybridized carbons (Fsp3) is 0.571. The molecule has 1 aliphatic heterocycles. The monoisotopic (exact) mass is 220 g/mol. The Bertz CT molecular complexity index is 377. The zero-order chi connectivity index (χ0) is 11.8. The molecule has 1 aromatic carbocycles. The fourth-order valence-corrected chi connectivity index (χ4v) is 2.18. The lowest BCUT2D eigenvalue weighted by atomic mass is 9.84. The van der Waals surface area contributed by atoms with Gasteiger partial charge in [-0.1, -0.05) is 39.0 Å². The molecule has 0 amide bonds. The van der Waals surface area contributed by atoms with E-state index < -0.39 is 0 Å². The second-order valence-electron chi connectivity index (χ2n) is 5.48. The molecule has 16 heavy (non-hydrogen) atoms. The molecule has 0 saturated carbocycles. The van der Waals surface area contributed by atoms with Crippen LogP contribution in [0.15, 0.2) is 18.2 Å². The molecule has 0 aliphatic carbocycles. The smallest absolute Gasteiger partial charge is 0.128 e. The van der Waals surface area contributed by atoms with Gasteiger partial charge in [0.05, 0.1) is 12.7 Å². The molecule has 2 rings (SSSR count). The third-order valence-corrected chi connectivity index (χ3v) is 3.08. The van der Waals surface area contributed by atoms with Crippen LogP contribution in [0.25, 0.3) is 0 Å². The number of aliphatic hydroxyl groups is 1. The highest BCUT2D eigenvalue weighted by Gasteiger charge is 2.25. The molecule has 2 nitrogen and oxygen atoms in total. The summed E-state index contributed by atoms with van der Waals surface area (Å²) < 4.78 is 5.82. The summed E-state index contributed by atoms with van der Waals surface area (Å²) in [5.41, 5.74) is 2.19. The maximum Gasteiger partial charge on any atom is 0.128 e. The maximum absolute atomic E-state index is 10.1. The van der Waals surface area contributed by atoms with E-state index in [0.717, 1.165) is 24.2 Å². The second-order valence-corrected chi connectivity index (χ2v) is 5.48. The summed E-state index contributed by atoms with van der Waals surface area (Å²) in [6.45, 7) is 7.22. The number of para-hydroxylation sites is 1. The Hall–Kier alpha value is -1.02. The lowest BCUT2D eigenvalue weighted by molar-refractivity contribution is 0.167. The largest absolute Gasteiger partial charge is 0.493 e. The first kappa shape index (κ1) is 11.5. The molecule has 1 aliphatic rings. The van der Waals surface area contributed by atoms with Crippen molar-refractivity contribution in [2.75, 3.05) is 6.61 Å². The van der Waals surface area contributed by atoms with Gasteiger partial charge in [-0.15, -0.1) is 0 Å². The first-order valence-electron chi connectivity index (χ1n) is 5.94. The van der Waals surface area contributed by atoms with Gasteiger partial charge in [0.15, 0.2) is 0 Å². The molecule has 88 valence electrons. The average Bonchev–Trinajstić information content (AvgIpc) is 2.39. The van der Waals surface area contributed by atoms with Crippen LogP contribution in [0.5, 0.6) is 5.75 Å². The third kappa shape index (κ3) is 2.07. The Balaban J connectivity index is 2.53. The number of aliphatic hydroxyl groups excluding tert-OH is 1. The minimum Gasteiger partial charge on any atom is -0.493 e. The first-order valence-corrected chi connectivity index (χ1v) is 5.94. The molecule has 1 aromatic rings. The number of hydrogen-bond donors (Lipinski definition) is 1. The Morgan fingerprint density at radius 3 is 2.75 bits per heavy atom. The van der Waals surface area contributed by atoms with E-state index in [-0.39, 0.29) is 11.5 Å². The molecule has 1 N–H and O–H groups in total. The van der Waals surface area contributed by atoms with Crippen LogP contribution in [0.1, 0.15) is 50.8 Å². The van der Waals surface area contributed by atoms with Gasteiger partial charge in [-0.3, -0.25) is 0 Å². The molecule has 0 fully saturated rings. The van der Waals surface area contributed by atoms with E-state index in [9.17, 15) is 5.11 Å². The van der Waals surface area contributed by atoms with Crippen molar-refractivity contribution in [1.82, 2.24) is 0 Å². The highest BCUT2D eigenvalue weighted by molar-refractivity contribution is 5.46. The van der Waals surface area contributed by atoms with Gasteiger partial charge in [0.1, 0.15) is 5.75 Å². The normalized spacial score (nSPS) is 20.9. The standard InChI is InChI=1S/C14H20O2/c1-14(2,3)11-7-4-6-10-12(15)8-5-9-16-13(10)11/h4,6-7,12,15H,5,8-9H2,1-3H3. The van der Waals surface area contributed by atoms with E-state index in [1.54, 1.807) is 0 Å². The van der Waals surface area contributed by atoms with Crippen molar-refractivity contribution in [3.63, 3.8) is 0 Å². The minimum absolute atomic E-state index is 0.0510. The fourth-order valence-electron chi connectivity index (χ4n) is 2.18. The second kappa shape index (κ2) is 4.10. The molecular formula is C14H20O2. The molecule has 0 aromatic heterocycles. The van der Waals surface area contributed by atoms with Gasteiger partial charge in [-0.2, -0.15) is 0 Å². The van der Waals surface area contributed by atoms with Gasteiger partial charge in [-0.05, 0) is 23.8 Å². The van der Waals surface area contributed by atoms with E-state index in [1.807, 2.05) is 12.1 Å². The number of hydrogen-bond acceptors (Lipinski definition) is 2. The molecule has 1 atom stereocenters. The third-order valence-electron chi connectivity index (χ3n) is 3.08. The Morgan fingerprint density at radius 2 is 2.06 bits per heavy atom. The van der Waals surface area contributed by atoms with E-state index in [0.29, 0.717) is 6.61 Å². The summed E-state index contributed by atoms with van der Waals surface area (Å²) >= 11 is 0. The summed E-state index contributed by atoms with van der Waals surface area (Å²) in [5.74, 6) is 0.903. The van der Waals surface area contributed by atoms with Crippen LogP contribution in [-0.4, -0.2) is 11.7 Å². The van der Waals surface area contributed by atoms with E-state index >= 15 is 0 Å². The summed E-state index contributed by atoms with van der Waals surface area (Å²) in [5, 5.41) is 10.1. The van der Waals surface area contributed by atoms with Gasteiger partial charge >= 0.3 is 0 Å². The molecule has 0 radical (unpaired) electrons. The number of ether oxygens (including phenoxy) is 1. The first-order chi connectivity index (χ1) is 7.50. The van der Waals surface area contributed by atoms with Crippen LogP contribution in [-0.2, 0) is 5.41 Å². The molecular weight excluding hydrogens is 200 g/mol. The van der Waals surface area contributed by atoms with E-state index in [2.05, 4.69) is 26.8 Å². The number of fused-ring (bicyclic) bond motifs is 1. The van der Waals surface area contributed by atoms with Crippen LogP contribution in [0.2, 0.25) is 0 Å². The Kier molecular flexibility index (Phi) is 2.94. The van der Waals surface area contributed by atoms with Gasteiger partial charge in [-0.25, -0.2) is 0 Å². The molecule has 1 heterocycles. The maximum atomic E-state index is 10.1.